The maximum Gasteiger partial charge on any atom is 0.237 e. The van der Waals surface area contributed by atoms with E-state index in [4.69, 9.17) is 5.73 Å². The molecule has 1 saturated heterocycles. The first-order valence-corrected chi connectivity index (χ1v) is 7.40. The largest absolute Gasteiger partial charge is 0.353 e. The Bertz CT molecular complexity index is 243. The van der Waals surface area contributed by atoms with Crippen LogP contribution >= 0.6 is 12.4 Å². The second-order valence-corrected chi connectivity index (χ2v) is 5.46. The summed E-state index contributed by atoms with van der Waals surface area (Å²) in [6.07, 6.45) is 6.23. The molecule has 2 unspecified atom stereocenters. The van der Waals surface area contributed by atoms with Crippen molar-refractivity contribution in [2.75, 3.05) is 26.2 Å². The second kappa shape index (κ2) is 10.5. The number of amides is 1. The minimum atomic E-state index is -0.362. The predicted octanol–water partition coefficient (Wildman–Crippen LogP) is 1.77. The van der Waals surface area contributed by atoms with Gasteiger partial charge in [-0.3, -0.25) is 4.79 Å². The van der Waals surface area contributed by atoms with Gasteiger partial charge in [0.2, 0.25) is 5.91 Å². The van der Waals surface area contributed by atoms with Crippen LogP contribution in [-0.4, -0.2) is 43.0 Å². The van der Waals surface area contributed by atoms with Crippen LogP contribution in [0.5, 0.6) is 0 Å². The first kappa shape index (κ1) is 18.7. The quantitative estimate of drug-likeness (QED) is 0.784. The van der Waals surface area contributed by atoms with Crippen LogP contribution in [0.25, 0.3) is 0 Å². The molecule has 1 fully saturated rings. The van der Waals surface area contributed by atoms with Crippen LogP contribution in [0.4, 0.5) is 0 Å². The van der Waals surface area contributed by atoms with Crippen molar-refractivity contribution in [3.05, 3.63) is 0 Å². The summed E-state index contributed by atoms with van der Waals surface area (Å²) in [6.45, 7) is 8.12. The Morgan fingerprint density at radius 1 is 1.26 bits per heavy atom. The molecule has 0 aromatic heterocycles. The molecule has 0 aromatic rings. The van der Waals surface area contributed by atoms with Crippen LogP contribution in [0, 0.1) is 5.92 Å². The van der Waals surface area contributed by atoms with Gasteiger partial charge in [0, 0.05) is 13.1 Å². The van der Waals surface area contributed by atoms with E-state index in [0.29, 0.717) is 0 Å². The van der Waals surface area contributed by atoms with Crippen LogP contribution in [-0.2, 0) is 4.79 Å². The molecule has 1 aliphatic rings. The molecule has 2 atom stereocenters. The van der Waals surface area contributed by atoms with Gasteiger partial charge in [0.1, 0.15) is 0 Å². The van der Waals surface area contributed by atoms with Gasteiger partial charge >= 0.3 is 0 Å². The second-order valence-electron chi connectivity index (χ2n) is 5.46. The molecule has 19 heavy (non-hydrogen) atoms. The molecule has 4 nitrogen and oxygen atoms in total. The van der Waals surface area contributed by atoms with E-state index in [9.17, 15) is 4.79 Å². The van der Waals surface area contributed by atoms with Crippen LogP contribution in [0.1, 0.15) is 46.0 Å². The molecule has 0 aromatic carbocycles. The molecule has 0 bridgehead atoms. The van der Waals surface area contributed by atoms with Gasteiger partial charge in [-0.2, -0.15) is 0 Å². The number of nitrogens with two attached hydrogens (primary N) is 1. The van der Waals surface area contributed by atoms with Crippen molar-refractivity contribution in [2.45, 2.75) is 52.0 Å². The van der Waals surface area contributed by atoms with Crippen molar-refractivity contribution in [1.29, 1.82) is 0 Å². The molecule has 114 valence electrons. The summed E-state index contributed by atoms with van der Waals surface area (Å²) in [4.78, 5) is 14.2. The predicted molar refractivity (Wildman–Crippen MR) is 82.6 cm³/mol. The zero-order valence-electron chi connectivity index (χ0n) is 12.4. The van der Waals surface area contributed by atoms with Crippen LogP contribution in [0.2, 0.25) is 0 Å². The van der Waals surface area contributed by atoms with Crippen molar-refractivity contribution < 1.29 is 4.79 Å². The maximum absolute atomic E-state index is 11.8. The van der Waals surface area contributed by atoms with E-state index in [1.165, 1.54) is 38.8 Å². The van der Waals surface area contributed by atoms with Crippen molar-refractivity contribution in [3.63, 3.8) is 0 Å². The topological polar surface area (TPSA) is 58.4 Å². The molecule has 5 heteroatoms. The highest BCUT2D eigenvalue weighted by Gasteiger charge is 2.19. The SMILES string of the molecule is CCC(C)C(N)C(=O)NCCN1CCCCCC1.Cl. The van der Waals surface area contributed by atoms with E-state index in [1.807, 2.05) is 6.92 Å². The highest BCUT2D eigenvalue weighted by molar-refractivity contribution is 5.85. The number of carbonyl (C=O) groups is 1. The number of nitrogens with one attached hydrogen (secondary N) is 1. The summed E-state index contributed by atoms with van der Waals surface area (Å²) in [6, 6.07) is -0.362. The van der Waals surface area contributed by atoms with Crippen molar-refractivity contribution in [1.82, 2.24) is 10.2 Å². The lowest BCUT2D eigenvalue weighted by Crippen LogP contribution is -2.46. The fourth-order valence-electron chi connectivity index (χ4n) is 2.33. The van der Waals surface area contributed by atoms with Gasteiger partial charge in [-0.1, -0.05) is 33.1 Å². The Morgan fingerprint density at radius 3 is 2.37 bits per heavy atom. The smallest absolute Gasteiger partial charge is 0.237 e. The molecule has 0 aliphatic carbocycles. The number of carbonyl (C=O) groups excluding carboxylic acids is 1. The number of hydrogen-bond acceptors (Lipinski definition) is 3. The van der Waals surface area contributed by atoms with Gasteiger partial charge in [-0.05, 0) is 31.8 Å². The van der Waals surface area contributed by atoms with Crippen molar-refractivity contribution >= 4 is 18.3 Å². The number of halogens is 1. The minimum absolute atomic E-state index is 0. The van der Waals surface area contributed by atoms with Gasteiger partial charge in [-0.15, -0.1) is 12.4 Å². The summed E-state index contributed by atoms with van der Waals surface area (Å²) in [5, 5.41) is 2.96. The Kier molecular flexibility index (Phi) is 10.3. The van der Waals surface area contributed by atoms with E-state index >= 15 is 0 Å². The highest BCUT2D eigenvalue weighted by atomic mass is 35.5. The monoisotopic (exact) mass is 291 g/mol. The molecule has 0 radical (unpaired) electrons. The molecular formula is C14H30ClN3O. The first-order chi connectivity index (χ1) is 8.65. The molecule has 3 N–H and O–H groups in total. The summed E-state index contributed by atoms with van der Waals surface area (Å²) in [7, 11) is 0. The average molecular weight is 292 g/mol. The van der Waals surface area contributed by atoms with Crippen LogP contribution < -0.4 is 11.1 Å². The van der Waals surface area contributed by atoms with E-state index in [2.05, 4.69) is 17.1 Å². The maximum atomic E-state index is 11.8. The van der Waals surface area contributed by atoms with Gasteiger partial charge in [-0.25, -0.2) is 0 Å². The number of likely N-dealkylation sites (tertiary alicyclic amines) is 1. The van der Waals surface area contributed by atoms with Crippen LogP contribution in [0.3, 0.4) is 0 Å². The third-order valence-electron chi connectivity index (χ3n) is 3.99. The zero-order valence-corrected chi connectivity index (χ0v) is 13.2. The van der Waals surface area contributed by atoms with Gasteiger partial charge in [0.25, 0.3) is 0 Å². The van der Waals surface area contributed by atoms with Gasteiger partial charge in [0.15, 0.2) is 0 Å². The third-order valence-corrected chi connectivity index (χ3v) is 3.99. The highest BCUT2D eigenvalue weighted by Crippen LogP contribution is 2.09. The Labute approximate surface area is 123 Å². The lowest BCUT2D eigenvalue weighted by molar-refractivity contribution is -0.123. The average Bonchev–Trinajstić information content (AvgIpc) is 2.65. The molecular weight excluding hydrogens is 262 g/mol. The fraction of sp³-hybridized carbons (Fsp3) is 0.929. The minimum Gasteiger partial charge on any atom is -0.353 e. The van der Waals surface area contributed by atoms with Gasteiger partial charge < -0.3 is 16.0 Å². The Balaban J connectivity index is 0.00000324. The molecule has 1 amide bonds. The number of nitrogens with zero attached hydrogens (tertiary/aromatic N) is 1. The first-order valence-electron chi connectivity index (χ1n) is 7.40. The molecule has 0 saturated carbocycles. The van der Waals surface area contributed by atoms with Crippen LogP contribution in [0.15, 0.2) is 0 Å². The summed E-state index contributed by atoms with van der Waals surface area (Å²) >= 11 is 0. The zero-order chi connectivity index (χ0) is 13.4. The molecule has 0 spiro atoms. The van der Waals surface area contributed by atoms with E-state index in [0.717, 1.165) is 19.5 Å². The summed E-state index contributed by atoms with van der Waals surface area (Å²) in [5.41, 5.74) is 5.89. The third kappa shape index (κ3) is 7.14. The van der Waals surface area contributed by atoms with E-state index in [1.54, 1.807) is 0 Å². The fourth-order valence-corrected chi connectivity index (χ4v) is 2.33. The summed E-state index contributed by atoms with van der Waals surface area (Å²) < 4.78 is 0. The Hall–Kier alpha value is -0.320. The molecule has 1 aliphatic heterocycles. The van der Waals surface area contributed by atoms with E-state index < -0.39 is 0 Å². The molecule has 1 heterocycles. The van der Waals surface area contributed by atoms with Gasteiger partial charge in [0.05, 0.1) is 6.04 Å². The molecule has 1 rings (SSSR count). The lowest BCUT2D eigenvalue weighted by atomic mass is 9.99. The van der Waals surface area contributed by atoms with Crippen molar-refractivity contribution in [3.8, 4) is 0 Å². The van der Waals surface area contributed by atoms with E-state index in [-0.39, 0.29) is 30.3 Å². The lowest BCUT2D eigenvalue weighted by Gasteiger charge is -2.21. The van der Waals surface area contributed by atoms with Crippen molar-refractivity contribution in [2.24, 2.45) is 11.7 Å². The number of rotatable bonds is 6. The summed E-state index contributed by atoms with van der Waals surface area (Å²) in [5.74, 6) is 0.252. The normalized spacial score (nSPS) is 19.9. The Morgan fingerprint density at radius 2 is 1.84 bits per heavy atom. The standard InChI is InChI=1S/C14H29N3O.ClH/c1-3-12(2)13(15)14(18)16-8-11-17-9-6-4-5-7-10-17;/h12-13H,3-11,15H2,1-2H3,(H,16,18);1H. The number of hydrogen-bond donors (Lipinski definition) is 2.